The van der Waals surface area contributed by atoms with Crippen molar-refractivity contribution >= 4 is 26.1 Å². The lowest BCUT2D eigenvalue weighted by atomic mass is 10.1. The molecule has 2 aromatic rings. The molecule has 5 heteroatoms. The lowest BCUT2D eigenvalue weighted by Gasteiger charge is -2.04. The van der Waals surface area contributed by atoms with Crippen LogP contribution in [0.1, 0.15) is 4.88 Å². The van der Waals surface area contributed by atoms with Gasteiger partial charge in [-0.2, -0.15) is 0 Å². The van der Waals surface area contributed by atoms with Crippen molar-refractivity contribution in [2.75, 3.05) is 0 Å². The molecular weight excluding hydrogens is 372 g/mol. The van der Waals surface area contributed by atoms with Gasteiger partial charge in [0.15, 0.2) is 9.58 Å². The minimum absolute atomic E-state index is 0. The summed E-state index contributed by atoms with van der Waals surface area (Å²) in [6.45, 7) is 0. The van der Waals surface area contributed by atoms with Gasteiger partial charge in [-0.1, -0.05) is 18.2 Å². The summed E-state index contributed by atoms with van der Waals surface area (Å²) in [6.07, 6.45) is 5.21. The van der Waals surface area contributed by atoms with Gasteiger partial charge in [0.2, 0.25) is 0 Å². The third-order valence-electron chi connectivity index (χ3n) is 2.71. The highest BCUT2D eigenvalue weighted by Crippen LogP contribution is 2.53. The summed E-state index contributed by atoms with van der Waals surface area (Å²) in [5.74, 6) is 0. The number of hydrogen-bond acceptors (Lipinski definition) is 0. The molecule has 0 fully saturated rings. The molecule has 0 saturated carbocycles. The highest BCUT2D eigenvalue weighted by atomic mass is 127. The van der Waals surface area contributed by atoms with E-state index in [1.165, 1.54) is 0 Å². The highest BCUT2D eigenvalue weighted by Gasteiger charge is 2.48. The highest BCUT2D eigenvalue weighted by molar-refractivity contribution is 7.39. The molecule has 0 N–H and O–H groups in total. The Hall–Kier alpha value is -0.820. The number of thiophene rings is 1. The van der Waals surface area contributed by atoms with Crippen molar-refractivity contribution in [3.63, 3.8) is 0 Å². The summed E-state index contributed by atoms with van der Waals surface area (Å²) in [5, 5.41) is 0.685. The largest absolute Gasteiger partial charge is 1.00 e. The van der Waals surface area contributed by atoms with Gasteiger partial charge >= 0.3 is 5.51 Å². The van der Waals surface area contributed by atoms with Gasteiger partial charge in [0, 0.05) is 17.0 Å². The molecular formula is C13H8F3IS. The number of rotatable bonds is 1. The van der Waals surface area contributed by atoms with Crippen LogP contribution in [0.15, 0.2) is 48.6 Å². The second kappa shape index (κ2) is 4.70. The van der Waals surface area contributed by atoms with Gasteiger partial charge in [-0.25, -0.2) is 0 Å². The van der Waals surface area contributed by atoms with E-state index in [1.54, 1.807) is 48.6 Å². The Labute approximate surface area is 122 Å². The second-order valence-corrected chi connectivity index (χ2v) is 5.73. The first-order chi connectivity index (χ1) is 8.07. The maximum atomic E-state index is 13.1. The van der Waals surface area contributed by atoms with Gasteiger partial charge < -0.3 is 24.0 Å². The molecule has 1 heterocycles. The van der Waals surface area contributed by atoms with Gasteiger partial charge in [0.05, 0.1) is 0 Å². The van der Waals surface area contributed by atoms with Crippen LogP contribution in [0.25, 0.3) is 15.7 Å². The van der Waals surface area contributed by atoms with Crippen molar-refractivity contribution in [3.8, 4) is 0 Å². The molecule has 0 saturated heterocycles. The molecule has 0 bridgehead atoms. The van der Waals surface area contributed by atoms with Crippen molar-refractivity contribution in [2.24, 2.45) is 0 Å². The van der Waals surface area contributed by atoms with Crippen LogP contribution in [-0.4, -0.2) is 0 Å². The van der Waals surface area contributed by atoms with E-state index in [9.17, 15) is 13.2 Å². The van der Waals surface area contributed by atoms with Crippen molar-refractivity contribution in [3.05, 3.63) is 53.4 Å². The molecule has 1 aliphatic carbocycles. The zero-order valence-corrected chi connectivity index (χ0v) is 12.0. The summed E-state index contributed by atoms with van der Waals surface area (Å²) in [5.41, 5.74) is -3.51. The van der Waals surface area contributed by atoms with Crippen LogP contribution < -0.4 is 24.0 Å². The summed E-state index contributed by atoms with van der Waals surface area (Å²) in [4.78, 5) is 0.390. The van der Waals surface area contributed by atoms with Gasteiger partial charge in [0.1, 0.15) is 10.5 Å². The van der Waals surface area contributed by atoms with Crippen LogP contribution in [-0.2, 0) is 5.51 Å². The van der Waals surface area contributed by atoms with E-state index < -0.39 is 16.0 Å². The van der Waals surface area contributed by atoms with E-state index >= 15 is 0 Å². The molecule has 1 aromatic carbocycles. The number of halogens is 4. The Balaban J connectivity index is 0.00000120. The van der Waals surface area contributed by atoms with Crippen LogP contribution in [0.2, 0.25) is 0 Å². The predicted molar refractivity (Wildman–Crippen MR) is 64.8 cm³/mol. The minimum atomic E-state index is -4.21. The fourth-order valence-corrected chi connectivity index (χ4v) is 3.84. The Morgan fingerprint density at radius 2 is 1.72 bits per heavy atom. The normalized spacial score (nSPS) is 15.1. The minimum Gasteiger partial charge on any atom is -1.00 e. The van der Waals surface area contributed by atoms with Crippen LogP contribution in [0.5, 0.6) is 0 Å². The molecule has 0 radical (unpaired) electrons. The molecule has 1 atom stereocenters. The van der Waals surface area contributed by atoms with E-state index in [4.69, 9.17) is 0 Å². The van der Waals surface area contributed by atoms with Crippen LogP contribution >= 0.6 is 10.5 Å². The van der Waals surface area contributed by atoms with Crippen molar-refractivity contribution < 1.29 is 37.1 Å². The molecule has 1 aromatic heterocycles. The van der Waals surface area contributed by atoms with Crippen molar-refractivity contribution in [1.82, 2.24) is 0 Å². The van der Waals surface area contributed by atoms with Crippen LogP contribution in [0.4, 0.5) is 13.2 Å². The first-order valence-electron chi connectivity index (χ1n) is 5.08. The zero-order valence-electron chi connectivity index (χ0n) is 9.04. The maximum Gasteiger partial charge on any atom is 0.601 e. The van der Waals surface area contributed by atoms with Crippen LogP contribution in [0, 0.1) is 0 Å². The fraction of sp³-hybridized carbons (Fsp3) is 0.0769. The number of hydrogen-bond donors (Lipinski definition) is 0. The monoisotopic (exact) mass is 380 g/mol. The van der Waals surface area contributed by atoms with Crippen molar-refractivity contribution in [1.29, 1.82) is 0 Å². The SMILES string of the molecule is FC(F)(F)[s+]1c(C2=CC=C2)cc2ccccc21.[I-]. The molecule has 1 unspecified atom stereocenters. The number of alkyl halides is 3. The average Bonchev–Trinajstić information content (AvgIpc) is 2.52. The van der Waals surface area contributed by atoms with Gasteiger partial charge in [-0.3, -0.25) is 0 Å². The molecule has 18 heavy (non-hydrogen) atoms. The Bertz CT molecular complexity index is 650. The third-order valence-corrected chi connectivity index (χ3v) is 4.78. The summed E-state index contributed by atoms with van der Waals surface area (Å²) in [6, 6.07) is 8.38. The second-order valence-electron chi connectivity index (χ2n) is 3.78. The van der Waals surface area contributed by atoms with E-state index in [1.807, 2.05) is 0 Å². The number of allylic oxidation sites excluding steroid dienone is 4. The summed E-state index contributed by atoms with van der Waals surface area (Å²) >= 11 is 0. The lowest BCUT2D eigenvalue weighted by Crippen LogP contribution is -3.00. The first kappa shape index (κ1) is 13.6. The Morgan fingerprint density at radius 1 is 1.06 bits per heavy atom. The molecule has 0 spiro atoms. The third kappa shape index (κ3) is 2.09. The van der Waals surface area contributed by atoms with Gasteiger partial charge in [-0.15, -0.1) is 13.2 Å². The lowest BCUT2D eigenvalue weighted by molar-refractivity contribution is -0.0866. The number of fused-ring (bicyclic) bond motifs is 1. The predicted octanol–water partition coefficient (Wildman–Crippen LogP) is 2.02. The fourth-order valence-electron chi connectivity index (χ4n) is 1.91. The number of benzene rings is 1. The van der Waals surface area contributed by atoms with Crippen LogP contribution in [0.3, 0.4) is 0 Å². The molecule has 0 nitrogen and oxygen atoms in total. The quantitative estimate of drug-likeness (QED) is 0.525. The standard InChI is InChI=1S/C13H8F3S.HI/c14-13(15,16)17-11-7-2-1-4-10(11)8-12(17)9-5-3-6-9;/h1-8H;1H/q+1;/p-1. The van der Waals surface area contributed by atoms with E-state index in [2.05, 4.69) is 0 Å². The summed E-state index contributed by atoms with van der Waals surface area (Å²) in [7, 11) is -1.79. The molecule has 3 rings (SSSR count). The summed E-state index contributed by atoms with van der Waals surface area (Å²) < 4.78 is 39.8. The topological polar surface area (TPSA) is 0 Å². The molecule has 0 amide bonds. The molecule has 0 aliphatic heterocycles. The Morgan fingerprint density at radius 3 is 2.28 bits per heavy atom. The average molecular weight is 380 g/mol. The smallest absolute Gasteiger partial charge is 0.601 e. The van der Waals surface area contributed by atoms with Gasteiger partial charge in [0.25, 0.3) is 0 Å². The maximum absolute atomic E-state index is 13.1. The van der Waals surface area contributed by atoms with E-state index in [-0.39, 0.29) is 24.0 Å². The zero-order chi connectivity index (χ0) is 12.0. The van der Waals surface area contributed by atoms with E-state index in [0.717, 1.165) is 0 Å². The van der Waals surface area contributed by atoms with E-state index in [0.29, 0.717) is 20.5 Å². The molecule has 94 valence electrons. The molecule has 1 aliphatic rings. The first-order valence-corrected chi connectivity index (χ1v) is 6.30. The van der Waals surface area contributed by atoms with Gasteiger partial charge in [-0.05, 0) is 24.3 Å². The van der Waals surface area contributed by atoms with Crippen molar-refractivity contribution in [2.45, 2.75) is 5.51 Å². The Kier molecular flexibility index (Phi) is 3.55.